The molecule has 3 aromatic rings. The third kappa shape index (κ3) is 5.50. The van der Waals surface area contributed by atoms with Gasteiger partial charge in [-0.1, -0.05) is 18.2 Å². The highest BCUT2D eigenvalue weighted by atomic mass is 16.5. The van der Waals surface area contributed by atoms with Gasteiger partial charge in [-0.2, -0.15) is 0 Å². The number of primary amides is 1. The molecule has 1 aliphatic rings. The van der Waals surface area contributed by atoms with Crippen LogP contribution >= 0.6 is 0 Å². The summed E-state index contributed by atoms with van der Waals surface area (Å²) in [6.45, 7) is 8.11. The Morgan fingerprint density at radius 3 is 2.47 bits per heavy atom. The van der Waals surface area contributed by atoms with Crippen LogP contribution in [0.3, 0.4) is 0 Å². The van der Waals surface area contributed by atoms with E-state index >= 15 is 0 Å². The van der Waals surface area contributed by atoms with E-state index in [0.29, 0.717) is 41.9 Å². The molecule has 0 atom stereocenters. The first-order valence-corrected chi connectivity index (χ1v) is 12.2. The molecule has 0 aliphatic carbocycles. The first-order chi connectivity index (χ1) is 16.4. The van der Waals surface area contributed by atoms with Crippen LogP contribution in [0.15, 0.2) is 40.8 Å². The Morgan fingerprint density at radius 1 is 1.06 bits per heavy atom. The minimum absolute atomic E-state index is 0.0780. The lowest BCUT2D eigenvalue weighted by molar-refractivity contribution is -0.118. The molecule has 1 amide bonds. The quantitative estimate of drug-likeness (QED) is 0.322. The number of hydrogen-bond acceptors (Lipinski definition) is 5. The summed E-state index contributed by atoms with van der Waals surface area (Å²) < 4.78 is 12.1. The van der Waals surface area contributed by atoms with Crippen LogP contribution in [0.4, 0.5) is 0 Å². The number of furan rings is 1. The van der Waals surface area contributed by atoms with E-state index in [0.717, 1.165) is 35.2 Å². The number of nitrogens with two attached hydrogens (primary N) is 1. The van der Waals surface area contributed by atoms with Crippen molar-refractivity contribution in [3.63, 3.8) is 0 Å². The Bertz CT molecular complexity index is 1150. The molecule has 1 fully saturated rings. The fourth-order valence-corrected chi connectivity index (χ4v) is 4.87. The van der Waals surface area contributed by atoms with Gasteiger partial charge in [-0.3, -0.25) is 9.59 Å². The van der Waals surface area contributed by atoms with Gasteiger partial charge >= 0.3 is 0 Å². The second kappa shape index (κ2) is 10.9. The zero-order valence-electron chi connectivity index (χ0n) is 20.2. The second-order valence-electron chi connectivity index (χ2n) is 9.24. The summed E-state index contributed by atoms with van der Waals surface area (Å²) in [5, 5.41) is 0.791. The number of para-hydroxylation sites is 1. The summed E-state index contributed by atoms with van der Waals surface area (Å²) in [7, 11) is 0. The third-order valence-electron chi connectivity index (χ3n) is 6.51. The predicted molar refractivity (Wildman–Crippen MR) is 133 cm³/mol. The molecule has 34 heavy (non-hydrogen) atoms. The molecule has 6 nitrogen and oxygen atoms in total. The fourth-order valence-electron chi connectivity index (χ4n) is 4.87. The van der Waals surface area contributed by atoms with Crippen LogP contribution < -0.4 is 10.5 Å². The van der Waals surface area contributed by atoms with Crippen molar-refractivity contribution in [2.24, 2.45) is 5.73 Å². The van der Waals surface area contributed by atoms with E-state index in [2.05, 4.69) is 4.90 Å². The Labute approximate surface area is 201 Å². The average Bonchev–Trinajstić information content (AvgIpc) is 3.44. The zero-order chi connectivity index (χ0) is 24.1. The lowest BCUT2D eigenvalue weighted by Gasteiger charge is -2.17. The highest BCUT2D eigenvalue weighted by Gasteiger charge is 2.23. The maximum atomic E-state index is 13.7. The number of carbonyl (C=O) groups excluding carboxylic acids is 2. The Hall–Kier alpha value is -3.12. The van der Waals surface area contributed by atoms with Gasteiger partial charge in [0.25, 0.3) is 0 Å². The van der Waals surface area contributed by atoms with Crippen molar-refractivity contribution in [3.8, 4) is 5.75 Å². The number of amides is 1. The van der Waals surface area contributed by atoms with Crippen LogP contribution in [-0.2, 0) is 11.2 Å². The van der Waals surface area contributed by atoms with E-state index in [-0.39, 0.29) is 18.1 Å². The van der Waals surface area contributed by atoms with E-state index in [1.54, 1.807) is 0 Å². The number of ether oxygens (including phenoxy) is 1. The molecule has 0 unspecified atom stereocenters. The van der Waals surface area contributed by atoms with Crippen molar-refractivity contribution in [3.05, 3.63) is 64.4 Å². The third-order valence-corrected chi connectivity index (χ3v) is 6.51. The molecule has 0 bridgehead atoms. The van der Waals surface area contributed by atoms with Crippen molar-refractivity contribution in [1.29, 1.82) is 0 Å². The number of nitrogens with zero attached hydrogens (tertiary/aromatic N) is 1. The number of rotatable bonds is 11. The number of carbonyl (C=O) groups is 2. The number of likely N-dealkylation sites (tertiary alicyclic amines) is 1. The van der Waals surface area contributed by atoms with Crippen molar-refractivity contribution < 1.29 is 18.7 Å². The van der Waals surface area contributed by atoms with Gasteiger partial charge in [-0.05, 0) is 81.9 Å². The molecular weight excluding hydrogens is 428 g/mol. The first-order valence-electron chi connectivity index (χ1n) is 12.2. The normalized spacial score (nSPS) is 14.1. The Kier molecular flexibility index (Phi) is 7.68. The topological polar surface area (TPSA) is 85.8 Å². The largest absolute Gasteiger partial charge is 0.493 e. The monoisotopic (exact) mass is 462 g/mol. The van der Waals surface area contributed by atoms with Gasteiger partial charge in [0, 0.05) is 30.3 Å². The number of fused-ring (bicyclic) bond motifs is 1. The number of hydrogen-bond donors (Lipinski definition) is 1. The molecule has 0 saturated carbocycles. The SMILES string of the molecule is Cc1cc(C(=O)c2c(CCCC(N)=O)oc3ccccc23)cc(C)c1OCCCN1CCCC1. The summed E-state index contributed by atoms with van der Waals surface area (Å²) in [6, 6.07) is 11.4. The molecule has 180 valence electrons. The molecule has 4 rings (SSSR count). The molecule has 1 aromatic heterocycles. The molecule has 0 spiro atoms. The average molecular weight is 463 g/mol. The van der Waals surface area contributed by atoms with Crippen molar-refractivity contribution in [1.82, 2.24) is 4.90 Å². The summed E-state index contributed by atoms with van der Waals surface area (Å²) in [5.74, 6) is 1.03. The van der Waals surface area contributed by atoms with Crippen LogP contribution in [0.2, 0.25) is 0 Å². The van der Waals surface area contributed by atoms with Crippen molar-refractivity contribution >= 4 is 22.7 Å². The summed E-state index contributed by atoms with van der Waals surface area (Å²) >= 11 is 0. The maximum Gasteiger partial charge on any atom is 0.217 e. The van der Waals surface area contributed by atoms with Gasteiger partial charge in [-0.15, -0.1) is 0 Å². The van der Waals surface area contributed by atoms with E-state index in [1.807, 2.05) is 50.2 Å². The highest BCUT2D eigenvalue weighted by molar-refractivity contribution is 6.17. The van der Waals surface area contributed by atoms with Crippen LogP contribution in [0, 0.1) is 13.8 Å². The van der Waals surface area contributed by atoms with Gasteiger partial charge in [0.05, 0.1) is 12.2 Å². The smallest absolute Gasteiger partial charge is 0.217 e. The second-order valence-corrected chi connectivity index (χ2v) is 9.24. The zero-order valence-corrected chi connectivity index (χ0v) is 20.2. The predicted octanol–water partition coefficient (Wildman–Crippen LogP) is 4.95. The molecular formula is C28H34N2O4. The van der Waals surface area contributed by atoms with E-state index in [4.69, 9.17) is 14.9 Å². The molecule has 0 radical (unpaired) electrons. The standard InChI is InChI=1S/C28H34N2O4/c1-19-17-21(18-20(2)28(19)33-16-8-15-30-13-5-6-14-30)27(32)26-22-9-3-4-10-23(22)34-24(26)11-7-12-25(29)31/h3-4,9-10,17-18H,5-8,11-16H2,1-2H3,(H2,29,31). The van der Waals surface area contributed by atoms with Gasteiger partial charge in [0.15, 0.2) is 5.78 Å². The molecule has 1 saturated heterocycles. The number of ketones is 1. The Balaban J connectivity index is 1.52. The minimum Gasteiger partial charge on any atom is -0.493 e. The summed E-state index contributed by atoms with van der Waals surface area (Å²) in [4.78, 5) is 27.3. The van der Waals surface area contributed by atoms with Crippen molar-refractivity contribution in [2.75, 3.05) is 26.2 Å². The van der Waals surface area contributed by atoms with Crippen molar-refractivity contribution in [2.45, 2.75) is 52.4 Å². The lowest BCUT2D eigenvalue weighted by atomic mass is 9.95. The van der Waals surface area contributed by atoms with Gasteiger partial charge < -0.3 is 19.8 Å². The Morgan fingerprint density at radius 2 is 1.76 bits per heavy atom. The molecule has 2 N–H and O–H groups in total. The number of benzene rings is 2. The molecule has 2 heterocycles. The van der Waals surface area contributed by atoms with Crippen LogP contribution in [-0.4, -0.2) is 42.8 Å². The summed E-state index contributed by atoms with van der Waals surface area (Å²) in [5.41, 5.74) is 9.05. The van der Waals surface area contributed by atoms with E-state index < -0.39 is 0 Å². The van der Waals surface area contributed by atoms with Gasteiger partial charge in [0.1, 0.15) is 17.1 Å². The molecule has 2 aromatic carbocycles. The minimum atomic E-state index is -0.355. The van der Waals surface area contributed by atoms with Crippen LogP contribution in [0.5, 0.6) is 5.75 Å². The maximum absolute atomic E-state index is 13.7. The summed E-state index contributed by atoms with van der Waals surface area (Å²) in [6.07, 6.45) is 4.87. The van der Waals surface area contributed by atoms with E-state index in [9.17, 15) is 9.59 Å². The molecule has 6 heteroatoms. The van der Waals surface area contributed by atoms with Crippen LogP contribution in [0.1, 0.15) is 64.9 Å². The number of aryl methyl sites for hydroxylation is 3. The molecule has 1 aliphatic heterocycles. The fraction of sp³-hybridized carbons (Fsp3) is 0.429. The van der Waals surface area contributed by atoms with Gasteiger partial charge in [0.2, 0.25) is 5.91 Å². The highest BCUT2D eigenvalue weighted by Crippen LogP contribution is 2.32. The first kappa shape index (κ1) is 24.0. The van der Waals surface area contributed by atoms with Gasteiger partial charge in [-0.25, -0.2) is 0 Å². The lowest BCUT2D eigenvalue weighted by Crippen LogP contribution is -2.22. The van der Waals surface area contributed by atoms with E-state index in [1.165, 1.54) is 25.9 Å². The van der Waals surface area contributed by atoms with Crippen LogP contribution in [0.25, 0.3) is 11.0 Å².